The molecule has 1 aliphatic heterocycles. The standard InChI is InChI=1S/C14H10BrCl2NO2/c15-10-5-9(16)1-2-12(10)18-6-8-3-11(17)14-13(4-8)19-7-20-14/h1-5,18H,6-7H2. The SMILES string of the molecule is Clc1ccc(NCc2cc(Cl)c3c(c2)OCO3)c(Br)c1. The van der Waals surface area contributed by atoms with Crippen molar-refractivity contribution in [3.63, 3.8) is 0 Å². The first-order chi connectivity index (χ1) is 9.63. The summed E-state index contributed by atoms with van der Waals surface area (Å²) in [6.45, 7) is 0.839. The van der Waals surface area contributed by atoms with Crippen LogP contribution in [0.3, 0.4) is 0 Å². The van der Waals surface area contributed by atoms with E-state index in [2.05, 4.69) is 21.2 Å². The van der Waals surface area contributed by atoms with Crippen LogP contribution in [0.4, 0.5) is 5.69 Å². The van der Waals surface area contributed by atoms with Crippen molar-refractivity contribution >= 4 is 44.8 Å². The molecule has 0 radical (unpaired) electrons. The third-order valence-electron chi connectivity index (χ3n) is 2.90. The molecule has 3 rings (SSSR count). The lowest BCUT2D eigenvalue weighted by atomic mass is 10.2. The third kappa shape index (κ3) is 2.82. The fourth-order valence-corrected chi connectivity index (χ4v) is 3.06. The van der Waals surface area contributed by atoms with E-state index < -0.39 is 0 Å². The second-order valence-corrected chi connectivity index (χ2v) is 5.99. The van der Waals surface area contributed by atoms with Gasteiger partial charge < -0.3 is 14.8 Å². The summed E-state index contributed by atoms with van der Waals surface area (Å²) in [5, 5.41) is 4.56. The van der Waals surface area contributed by atoms with Gasteiger partial charge in [-0.15, -0.1) is 0 Å². The van der Waals surface area contributed by atoms with Crippen molar-refractivity contribution in [2.24, 2.45) is 0 Å². The lowest BCUT2D eigenvalue weighted by Crippen LogP contribution is -2.00. The highest BCUT2D eigenvalue weighted by atomic mass is 79.9. The van der Waals surface area contributed by atoms with Crippen molar-refractivity contribution in [1.29, 1.82) is 0 Å². The number of anilines is 1. The molecule has 1 heterocycles. The first kappa shape index (κ1) is 13.9. The second kappa shape index (κ2) is 5.72. The molecule has 3 nitrogen and oxygen atoms in total. The summed E-state index contributed by atoms with van der Waals surface area (Å²) in [5.41, 5.74) is 1.98. The summed E-state index contributed by atoms with van der Waals surface area (Å²) < 4.78 is 11.5. The molecule has 20 heavy (non-hydrogen) atoms. The van der Waals surface area contributed by atoms with Gasteiger partial charge in [0, 0.05) is 21.7 Å². The molecule has 2 aromatic rings. The van der Waals surface area contributed by atoms with E-state index in [-0.39, 0.29) is 6.79 Å². The monoisotopic (exact) mass is 373 g/mol. The molecule has 0 atom stereocenters. The highest BCUT2D eigenvalue weighted by molar-refractivity contribution is 9.10. The van der Waals surface area contributed by atoms with Crippen LogP contribution < -0.4 is 14.8 Å². The van der Waals surface area contributed by atoms with Crippen molar-refractivity contribution in [3.05, 3.63) is 50.4 Å². The lowest BCUT2D eigenvalue weighted by molar-refractivity contribution is 0.174. The highest BCUT2D eigenvalue weighted by Crippen LogP contribution is 2.40. The van der Waals surface area contributed by atoms with Crippen LogP contribution in [-0.4, -0.2) is 6.79 Å². The molecule has 0 unspecified atom stereocenters. The number of nitrogens with one attached hydrogen (secondary N) is 1. The number of hydrogen-bond donors (Lipinski definition) is 1. The van der Waals surface area contributed by atoms with Gasteiger partial charge >= 0.3 is 0 Å². The van der Waals surface area contributed by atoms with E-state index >= 15 is 0 Å². The number of hydrogen-bond acceptors (Lipinski definition) is 3. The van der Waals surface area contributed by atoms with Gasteiger partial charge in [0.25, 0.3) is 0 Å². The molecule has 0 aliphatic carbocycles. The average Bonchev–Trinajstić information content (AvgIpc) is 2.86. The molecule has 0 amide bonds. The zero-order chi connectivity index (χ0) is 14.1. The molecular weight excluding hydrogens is 365 g/mol. The summed E-state index contributed by atoms with van der Waals surface area (Å²) in [7, 11) is 0. The number of benzene rings is 2. The van der Waals surface area contributed by atoms with Gasteiger partial charge in [-0.2, -0.15) is 0 Å². The van der Waals surface area contributed by atoms with E-state index in [1.165, 1.54) is 0 Å². The summed E-state index contributed by atoms with van der Waals surface area (Å²) in [6.07, 6.45) is 0. The summed E-state index contributed by atoms with van der Waals surface area (Å²) in [4.78, 5) is 0. The first-order valence-electron chi connectivity index (χ1n) is 5.90. The Hall–Kier alpha value is -1.10. The van der Waals surface area contributed by atoms with Gasteiger partial charge in [0.15, 0.2) is 11.5 Å². The fraction of sp³-hybridized carbons (Fsp3) is 0.143. The minimum Gasteiger partial charge on any atom is -0.454 e. The van der Waals surface area contributed by atoms with Crippen molar-refractivity contribution < 1.29 is 9.47 Å². The molecule has 1 N–H and O–H groups in total. The fourth-order valence-electron chi connectivity index (χ4n) is 1.95. The minimum atomic E-state index is 0.217. The van der Waals surface area contributed by atoms with Crippen LogP contribution in [0.25, 0.3) is 0 Å². The van der Waals surface area contributed by atoms with E-state index in [0.29, 0.717) is 28.1 Å². The first-order valence-corrected chi connectivity index (χ1v) is 7.45. The van der Waals surface area contributed by atoms with Crippen LogP contribution >= 0.6 is 39.1 Å². The van der Waals surface area contributed by atoms with Crippen LogP contribution in [0.2, 0.25) is 10.0 Å². The smallest absolute Gasteiger partial charge is 0.231 e. The quantitative estimate of drug-likeness (QED) is 0.810. The van der Waals surface area contributed by atoms with Crippen LogP contribution in [0, 0.1) is 0 Å². The van der Waals surface area contributed by atoms with E-state index in [1.807, 2.05) is 30.3 Å². The van der Waals surface area contributed by atoms with Gasteiger partial charge in [-0.25, -0.2) is 0 Å². The summed E-state index contributed by atoms with van der Waals surface area (Å²) in [5.74, 6) is 1.30. The number of ether oxygens (including phenoxy) is 2. The zero-order valence-electron chi connectivity index (χ0n) is 10.3. The van der Waals surface area contributed by atoms with Crippen LogP contribution in [0.1, 0.15) is 5.56 Å². The van der Waals surface area contributed by atoms with Gasteiger partial charge in [-0.3, -0.25) is 0 Å². The van der Waals surface area contributed by atoms with Crippen molar-refractivity contribution in [1.82, 2.24) is 0 Å². The molecule has 2 aromatic carbocycles. The van der Waals surface area contributed by atoms with Crippen LogP contribution in [0.15, 0.2) is 34.8 Å². The number of halogens is 3. The Morgan fingerprint density at radius 1 is 1.15 bits per heavy atom. The van der Waals surface area contributed by atoms with Gasteiger partial charge in [-0.05, 0) is 51.8 Å². The molecular formula is C14H10BrCl2NO2. The van der Waals surface area contributed by atoms with E-state index in [1.54, 1.807) is 0 Å². The van der Waals surface area contributed by atoms with Gasteiger partial charge in [0.1, 0.15) is 0 Å². The Balaban J connectivity index is 1.77. The maximum atomic E-state index is 6.15. The maximum absolute atomic E-state index is 6.15. The van der Waals surface area contributed by atoms with Gasteiger partial charge in [-0.1, -0.05) is 23.2 Å². The Labute approximate surface area is 134 Å². The summed E-state index contributed by atoms with van der Waals surface area (Å²) >= 11 is 15.5. The molecule has 0 fully saturated rings. The normalized spacial score (nSPS) is 12.6. The van der Waals surface area contributed by atoms with Crippen LogP contribution in [0.5, 0.6) is 11.5 Å². The molecule has 104 valence electrons. The molecule has 1 aliphatic rings. The van der Waals surface area contributed by atoms with E-state index in [4.69, 9.17) is 32.7 Å². The van der Waals surface area contributed by atoms with Gasteiger partial charge in [0.05, 0.1) is 5.02 Å². The molecule has 0 saturated carbocycles. The van der Waals surface area contributed by atoms with Crippen LogP contribution in [-0.2, 0) is 6.54 Å². The Morgan fingerprint density at radius 2 is 2.00 bits per heavy atom. The predicted molar refractivity (Wildman–Crippen MR) is 84.1 cm³/mol. The topological polar surface area (TPSA) is 30.5 Å². The number of fused-ring (bicyclic) bond motifs is 1. The second-order valence-electron chi connectivity index (χ2n) is 4.29. The molecule has 0 bridgehead atoms. The van der Waals surface area contributed by atoms with Crippen molar-refractivity contribution in [2.45, 2.75) is 6.54 Å². The summed E-state index contributed by atoms with van der Waals surface area (Å²) in [6, 6.07) is 9.38. The lowest BCUT2D eigenvalue weighted by Gasteiger charge is -2.10. The largest absolute Gasteiger partial charge is 0.454 e. The third-order valence-corrected chi connectivity index (χ3v) is 4.07. The maximum Gasteiger partial charge on any atom is 0.231 e. The van der Waals surface area contributed by atoms with Crippen molar-refractivity contribution in [2.75, 3.05) is 12.1 Å². The number of rotatable bonds is 3. The minimum absolute atomic E-state index is 0.217. The molecule has 0 spiro atoms. The zero-order valence-corrected chi connectivity index (χ0v) is 13.3. The Bertz CT molecular complexity index is 664. The van der Waals surface area contributed by atoms with Crippen molar-refractivity contribution in [3.8, 4) is 11.5 Å². The molecule has 0 saturated heterocycles. The van der Waals surface area contributed by atoms with E-state index in [0.717, 1.165) is 15.7 Å². The van der Waals surface area contributed by atoms with Gasteiger partial charge in [0.2, 0.25) is 6.79 Å². The average molecular weight is 375 g/mol. The molecule has 6 heteroatoms. The Kier molecular flexibility index (Phi) is 3.96. The highest BCUT2D eigenvalue weighted by Gasteiger charge is 2.18. The predicted octanol–water partition coefficient (Wildman–Crippen LogP) is 5.10. The molecule has 0 aromatic heterocycles. The Morgan fingerprint density at radius 3 is 2.80 bits per heavy atom. The van der Waals surface area contributed by atoms with E-state index in [9.17, 15) is 0 Å².